The lowest BCUT2D eigenvalue weighted by atomic mass is 10.1. The molecule has 0 bridgehead atoms. The summed E-state index contributed by atoms with van der Waals surface area (Å²) in [5.74, 6) is 0. The second kappa shape index (κ2) is 9.34. The number of hydrogen-bond donors (Lipinski definition) is 2. The van der Waals surface area contributed by atoms with Crippen LogP contribution in [0.1, 0.15) is 18.5 Å². The van der Waals surface area contributed by atoms with Crippen molar-refractivity contribution in [3.8, 4) is 0 Å². The van der Waals surface area contributed by atoms with E-state index < -0.39 is 0 Å². The number of anilines is 1. The molecule has 0 aliphatic carbocycles. The second-order valence-electron chi connectivity index (χ2n) is 6.20. The van der Waals surface area contributed by atoms with Crippen molar-refractivity contribution in [3.05, 3.63) is 58.3 Å². The average molecular weight is 398 g/mol. The van der Waals surface area contributed by atoms with Crippen LogP contribution in [0.2, 0.25) is 10.0 Å². The molecule has 1 unspecified atom stereocenters. The van der Waals surface area contributed by atoms with Crippen molar-refractivity contribution < 1.29 is 4.90 Å². The van der Waals surface area contributed by atoms with Crippen LogP contribution in [0.15, 0.2) is 42.7 Å². The van der Waals surface area contributed by atoms with Crippen molar-refractivity contribution in [1.29, 1.82) is 0 Å². The van der Waals surface area contributed by atoms with Crippen molar-refractivity contribution in [2.24, 2.45) is 0 Å². The summed E-state index contributed by atoms with van der Waals surface area (Å²) in [5.41, 5.74) is 1.95. The lowest BCUT2D eigenvalue weighted by molar-refractivity contribution is -0.857. The van der Waals surface area contributed by atoms with E-state index in [1.54, 1.807) is 18.5 Å². The van der Waals surface area contributed by atoms with Crippen LogP contribution < -0.4 is 10.2 Å². The highest BCUT2D eigenvalue weighted by atomic mass is 35.5. The third kappa shape index (κ3) is 6.12. The van der Waals surface area contributed by atoms with Crippen LogP contribution in [0, 0.1) is 0 Å². The summed E-state index contributed by atoms with van der Waals surface area (Å²) in [6.45, 7) is 3.93. The van der Waals surface area contributed by atoms with E-state index in [2.05, 4.69) is 36.2 Å². The van der Waals surface area contributed by atoms with Gasteiger partial charge in [-0.15, -0.1) is 0 Å². The number of quaternary nitrogens is 1. The summed E-state index contributed by atoms with van der Waals surface area (Å²) in [4.78, 5) is 7.63. The number of nitrogens with one attached hydrogen (secondary N) is 2. The molecule has 0 spiro atoms. The third-order valence-corrected chi connectivity index (χ3v) is 4.66. The molecule has 0 aliphatic heterocycles. The van der Waals surface area contributed by atoms with Crippen LogP contribution in [-0.2, 0) is 0 Å². The molecule has 0 radical (unpaired) electrons. The Morgan fingerprint density at radius 1 is 1.20 bits per heavy atom. The fourth-order valence-corrected chi connectivity index (χ4v) is 3.35. The number of likely N-dealkylation sites (N-methyl/N-ethyl adjacent to an activating group) is 1. The molecule has 134 valence electrons. The molecule has 1 aromatic carbocycles. The standard InChI is InChI=1S/C18H22Cl2N4S/c1-13(14-4-6-21-7-5-14)24(9-8-23(2)3)18(25)22-17-11-15(19)10-16(20)12-17/h4-7,10-13H,8-9H2,1-3H3,(H,22,25)/p+1. The van der Waals surface area contributed by atoms with E-state index in [1.165, 1.54) is 4.90 Å². The lowest BCUT2D eigenvalue weighted by Gasteiger charge is -2.32. The number of halogens is 2. The summed E-state index contributed by atoms with van der Waals surface area (Å²) in [7, 11) is 4.25. The summed E-state index contributed by atoms with van der Waals surface area (Å²) >= 11 is 17.8. The highest BCUT2D eigenvalue weighted by Gasteiger charge is 2.20. The smallest absolute Gasteiger partial charge is 0.174 e. The first kappa shape index (κ1) is 19.9. The van der Waals surface area contributed by atoms with E-state index in [4.69, 9.17) is 35.4 Å². The third-order valence-electron chi connectivity index (χ3n) is 3.88. The molecule has 0 fully saturated rings. The van der Waals surface area contributed by atoms with Crippen LogP contribution in [0.25, 0.3) is 0 Å². The van der Waals surface area contributed by atoms with E-state index in [0.29, 0.717) is 15.2 Å². The Labute approximate surface area is 164 Å². The zero-order valence-electron chi connectivity index (χ0n) is 14.6. The number of nitrogens with zero attached hydrogens (tertiary/aromatic N) is 2. The maximum Gasteiger partial charge on any atom is 0.174 e. The number of pyridine rings is 1. The van der Waals surface area contributed by atoms with E-state index >= 15 is 0 Å². The van der Waals surface area contributed by atoms with Gasteiger partial charge in [-0.25, -0.2) is 0 Å². The first-order chi connectivity index (χ1) is 11.9. The minimum Gasteiger partial charge on any atom is -0.338 e. The van der Waals surface area contributed by atoms with Gasteiger partial charge in [0.1, 0.15) is 0 Å². The molecule has 7 heteroatoms. The maximum atomic E-state index is 6.08. The molecule has 2 rings (SSSR count). The quantitative estimate of drug-likeness (QED) is 0.732. The Bertz CT molecular complexity index is 689. The molecule has 2 aromatic rings. The molecule has 0 saturated heterocycles. The Morgan fingerprint density at radius 2 is 1.80 bits per heavy atom. The van der Waals surface area contributed by atoms with E-state index in [9.17, 15) is 0 Å². The molecule has 1 atom stereocenters. The molecule has 1 heterocycles. The first-order valence-electron chi connectivity index (χ1n) is 8.09. The zero-order chi connectivity index (χ0) is 18.4. The summed E-state index contributed by atoms with van der Waals surface area (Å²) in [6, 6.07) is 9.47. The highest BCUT2D eigenvalue weighted by molar-refractivity contribution is 7.80. The van der Waals surface area contributed by atoms with Crippen LogP contribution in [0.4, 0.5) is 5.69 Å². The SMILES string of the molecule is CC(c1ccncc1)N(CC[NH+](C)C)C(=S)Nc1cc(Cl)cc(Cl)c1. The predicted molar refractivity (Wildman–Crippen MR) is 110 cm³/mol. The van der Waals surface area contributed by atoms with Crippen molar-refractivity contribution in [3.63, 3.8) is 0 Å². The van der Waals surface area contributed by atoms with Crippen LogP contribution in [-0.4, -0.2) is 42.2 Å². The van der Waals surface area contributed by atoms with Crippen molar-refractivity contribution in [1.82, 2.24) is 9.88 Å². The van der Waals surface area contributed by atoms with E-state index in [-0.39, 0.29) is 6.04 Å². The van der Waals surface area contributed by atoms with Crippen molar-refractivity contribution in [2.45, 2.75) is 13.0 Å². The zero-order valence-corrected chi connectivity index (χ0v) is 16.9. The summed E-state index contributed by atoms with van der Waals surface area (Å²) < 4.78 is 0. The fraction of sp³-hybridized carbons (Fsp3) is 0.333. The minimum absolute atomic E-state index is 0.122. The number of rotatable bonds is 6. The highest BCUT2D eigenvalue weighted by Crippen LogP contribution is 2.24. The molecule has 2 N–H and O–H groups in total. The first-order valence-corrected chi connectivity index (χ1v) is 9.26. The van der Waals surface area contributed by atoms with Gasteiger partial charge in [0.05, 0.1) is 33.2 Å². The number of thiocarbonyl (C=S) groups is 1. The van der Waals surface area contributed by atoms with Gasteiger partial charge < -0.3 is 15.1 Å². The van der Waals surface area contributed by atoms with Gasteiger partial charge in [0.25, 0.3) is 0 Å². The normalized spacial score (nSPS) is 12.1. The predicted octanol–water partition coefficient (Wildman–Crippen LogP) is 3.29. The lowest BCUT2D eigenvalue weighted by Crippen LogP contribution is -3.06. The van der Waals surface area contributed by atoms with Crippen molar-refractivity contribution >= 4 is 46.2 Å². The molecule has 0 aliphatic rings. The van der Waals surface area contributed by atoms with Gasteiger partial charge in [0.2, 0.25) is 0 Å². The number of hydrogen-bond acceptors (Lipinski definition) is 2. The Morgan fingerprint density at radius 3 is 2.36 bits per heavy atom. The Hall–Kier alpha value is -1.40. The van der Waals surface area contributed by atoms with Crippen LogP contribution in [0.3, 0.4) is 0 Å². The Balaban J connectivity index is 2.19. The molecule has 0 saturated carbocycles. The van der Waals surface area contributed by atoms with Gasteiger partial charge in [-0.05, 0) is 55.0 Å². The molecule has 1 aromatic heterocycles. The van der Waals surface area contributed by atoms with Gasteiger partial charge in [-0.2, -0.15) is 0 Å². The molecule has 0 amide bonds. The second-order valence-corrected chi connectivity index (χ2v) is 7.45. The number of benzene rings is 1. The van der Waals surface area contributed by atoms with Gasteiger partial charge in [0, 0.05) is 28.1 Å². The largest absolute Gasteiger partial charge is 0.338 e. The topological polar surface area (TPSA) is 32.6 Å². The van der Waals surface area contributed by atoms with Crippen LogP contribution >= 0.6 is 35.4 Å². The average Bonchev–Trinajstić information content (AvgIpc) is 2.54. The van der Waals surface area contributed by atoms with Crippen molar-refractivity contribution in [2.75, 3.05) is 32.5 Å². The summed E-state index contributed by atoms with van der Waals surface area (Å²) in [6.07, 6.45) is 3.60. The van der Waals surface area contributed by atoms with Gasteiger partial charge in [0.15, 0.2) is 5.11 Å². The minimum atomic E-state index is 0.122. The Kier molecular flexibility index (Phi) is 7.44. The number of aromatic nitrogens is 1. The van der Waals surface area contributed by atoms with E-state index in [0.717, 1.165) is 24.3 Å². The van der Waals surface area contributed by atoms with Crippen LogP contribution in [0.5, 0.6) is 0 Å². The maximum absolute atomic E-state index is 6.08. The fourth-order valence-electron chi connectivity index (χ4n) is 2.46. The molecule has 25 heavy (non-hydrogen) atoms. The monoisotopic (exact) mass is 397 g/mol. The molecule has 4 nitrogen and oxygen atoms in total. The molecular formula is C18H23Cl2N4S+. The summed E-state index contributed by atoms with van der Waals surface area (Å²) in [5, 5.41) is 5.05. The van der Waals surface area contributed by atoms with Gasteiger partial charge in [-0.1, -0.05) is 23.2 Å². The van der Waals surface area contributed by atoms with Gasteiger partial charge >= 0.3 is 0 Å². The van der Waals surface area contributed by atoms with Gasteiger partial charge in [-0.3, -0.25) is 4.98 Å². The van der Waals surface area contributed by atoms with E-state index in [1.807, 2.05) is 24.3 Å². The molecular weight excluding hydrogens is 375 g/mol.